The summed E-state index contributed by atoms with van der Waals surface area (Å²) < 4.78 is 27.6. The van der Waals surface area contributed by atoms with Crippen LogP contribution in [0.2, 0.25) is 10.0 Å². The molecule has 0 radical (unpaired) electrons. The number of nitrogens with one attached hydrogen (secondary N) is 1. The van der Waals surface area contributed by atoms with E-state index in [2.05, 4.69) is 32.0 Å². The van der Waals surface area contributed by atoms with Gasteiger partial charge in [0.15, 0.2) is 0 Å². The average Bonchev–Trinajstić information content (AvgIpc) is 3.39. The van der Waals surface area contributed by atoms with Crippen molar-refractivity contribution in [2.24, 2.45) is 0 Å². The molecule has 228 valence electrons. The van der Waals surface area contributed by atoms with Gasteiger partial charge >= 0.3 is 0 Å². The van der Waals surface area contributed by atoms with Crippen molar-refractivity contribution in [3.05, 3.63) is 64.9 Å². The second-order valence-electron chi connectivity index (χ2n) is 11.7. The quantitative estimate of drug-likeness (QED) is 0.265. The Morgan fingerprint density at radius 2 is 1.67 bits per heavy atom. The van der Waals surface area contributed by atoms with Crippen LogP contribution in [-0.4, -0.2) is 89.8 Å². The van der Waals surface area contributed by atoms with E-state index in [4.69, 9.17) is 28.2 Å². The lowest BCUT2D eigenvalue weighted by atomic mass is 10.0. The molecule has 6 rings (SSSR count). The topological polar surface area (TPSA) is 86.6 Å². The molecule has 9 nitrogen and oxygen atoms in total. The number of fused-ring (bicyclic) bond motifs is 1. The summed E-state index contributed by atoms with van der Waals surface area (Å²) in [4.78, 5) is 16.5. The monoisotopic (exact) mass is 641 g/mol. The Balaban J connectivity index is 1.20. The van der Waals surface area contributed by atoms with Crippen molar-refractivity contribution in [3.63, 3.8) is 0 Å². The Morgan fingerprint density at radius 3 is 2.37 bits per heavy atom. The second kappa shape index (κ2) is 12.2. The number of piperidine rings is 1. The van der Waals surface area contributed by atoms with E-state index in [1.165, 1.54) is 10.2 Å². The number of hydrogen-bond acceptors (Lipinski definition) is 8. The molecule has 43 heavy (non-hydrogen) atoms. The molecular weight excluding hydrogens is 605 g/mol. The van der Waals surface area contributed by atoms with Crippen molar-refractivity contribution in [3.8, 4) is 11.3 Å². The molecule has 2 aliphatic rings. The van der Waals surface area contributed by atoms with E-state index in [0.717, 1.165) is 68.9 Å². The molecule has 0 bridgehead atoms. The van der Waals surface area contributed by atoms with Crippen LogP contribution in [0.25, 0.3) is 22.2 Å². The highest BCUT2D eigenvalue weighted by atomic mass is 35.5. The summed E-state index contributed by atoms with van der Waals surface area (Å²) in [6.07, 6.45) is 5.39. The first-order valence-corrected chi connectivity index (χ1v) is 17.0. The van der Waals surface area contributed by atoms with Crippen LogP contribution < -0.4 is 10.2 Å². The molecule has 0 saturated carbocycles. The van der Waals surface area contributed by atoms with Gasteiger partial charge in [0, 0.05) is 68.1 Å². The van der Waals surface area contributed by atoms with Crippen LogP contribution >= 0.6 is 23.2 Å². The Bertz CT molecular complexity index is 1730. The summed E-state index contributed by atoms with van der Waals surface area (Å²) in [6, 6.07) is 13.9. The molecule has 1 N–H and O–H groups in total. The predicted molar refractivity (Wildman–Crippen MR) is 176 cm³/mol. The molecule has 0 aliphatic carbocycles. The van der Waals surface area contributed by atoms with Crippen LogP contribution in [0.3, 0.4) is 0 Å². The predicted octanol–water partition coefficient (Wildman–Crippen LogP) is 5.95. The minimum absolute atomic E-state index is 0.323. The van der Waals surface area contributed by atoms with Gasteiger partial charge in [0.1, 0.15) is 0 Å². The highest BCUT2D eigenvalue weighted by Gasteiger charge is 2.28. The zero-order valence-corrected chi connectivity index (χ0v) is 27.0. The molecule has 0 atom stereocenters. The van der Waals surface area contributed by atoms with Gasteiger partial charge in [-0.1, -0.05) is 41.4 Å². The van der Waals surface area contributed by atoms with Crippen molar-refractivity contribution in [2.75, 3.05) is 56.5 Å². The Hall–Kier alpha value is -2.89. The summed E-state index contributed by atoms with van der Waals surface area (Å²) in [5.41, 5.74) is 3.41. The fourth-order valence-corrected chi connectivity index (χ4v) is 7.65. The first-order chi connectivity index (χ1) is 20.6. The summed E-state index contributed by atoms with van der Waals surface area (Å²) in [5.74, 6) is 0.333. The molecule has 0 spiro atoms. The van der Waals surface area contributed by atoms with Crippen molar-refractivity contribution < 1.29 is 8.42 Å². The second-order valence-corrected chi connectivity index (χ2v) is 14.9. The van der Waals surface area contributed by atoms with Crippen LogP contribution in [-0.2, 0) is 10.0 Å². The van der Waals surface area contributed by atoms with E-state index in [0.29, 0.717) is 38.8 Å². The van der Waals surface area contributed by atoms with Crippen molar-refractivity contribution in [2.45, 2.75) is 38.0 Å². The lowest BCUT2D eigenvalue weighted by Crippen LogP contribution is -2.52. The number of rotatable bonds is 7. The maximum absolute atomic E-state index is 13.1. The number of hydrogen-bond donors (Lipinski definition) is 1. The van der Waals surface area contributed by atoms with E-state index >= 15 is 0 Å². The Morgan fingerprint density at radius 1 is 0.953 bits per heavy atom. The van der Waals surface area contributed by atoms with Crippen molar-refractivity contribution >= 4 is 61.5 Å². The number of halogens is 2. The fourth-order valence-electron chi connectivity index (χ4n) is 6.02. The molecule has 0 unspecified atom stereocenters. The standard InChI is InChI=1S/C31H37Cl2N7O2S/c1-21(2)43(41,42)40-20-25(24-6-4-5-7-28(24)40)30-27(33)19-34-31(36-30)35-22-8-9-29(26(32)18-22)39-12-10-23(11-13-39)38-16-14-37(3)15-17-38/h4-9,18-21,23H,10-17H2,1-3H3,(H,34,35,36). The van der Waals surface area contributed by atoms with Gasteiger partial charge in [-0.3, -0.25) is 4.90 Å². The summed E-state index contributed by atoms with van der Waals surface area (Å²) in [7, 11) is -1.40. The van der Waals surface area contributed by atoms with Crippen LogP contribution in [0.4, 0.5) is 17.3 Å². The van der Waals surface area contributed by atoms with Gasteiger partial charge in [-0.15, -0.1) is 0 Å². The maximum atomic E-state index is 13.1. The molecule has 4 aromatic rings. The van der Waals surface area contributed by atoms with E-state index < -0.39 is 15.3 Å². The van der Waals surface area contributed by atoms with E-state index in [-0.39, 0.29) is 0 Å². The molecule has 12 heteroatoms. The summed E-state index contributed by atoms with van der Waals surface area (Å²) in [6.45, 7) is 9.87. The Labute approximate surface area is 263 Å². The number of para-hydroxylation sites is 1. The average molecular weight is 643 g/mol. The molecule has 2 fully saturated rings. The molecule has 2 saturated heterocycles. The summed E-state index contributed by atoms with van der Waals surface area (Å²) >= 11 is 13.4. The normalized spacial score (nSPS) is 17.7. The highest BCUT2D eigenvalue weighted by Crippen LogP contribution is 2.36. The number of nitrogens with zero attached hydrogens (tertiary/aromatic N) is 6. The Kier molecular flexibility index (Phi) is 8.59. The van der Waals surface area contributed by atoms with Crippen molar-refractivity contribution in [1.82, 2.24) is 23.7 Å². The van der Waals surface area contributed by atoms with Gasteiger partial charge in [0.2, 0.25) is 16.0 Å². The number of anilines is 3. The third-order valence-electron chi connectivity index (χ3n) is 8.61. The van der Waals surface area contributed by atoms with E-state index in [9.17, 15) is 8.42 Å². The highest BCUT2D eigenvalue weighted by molar-refractivity contribution is 7.90. The van der Waals surface area contributed by atoms with Gasteiger partial charge in [-0.2, -0.15) is 0 Å². The molecule has 0 amide bonds. The molecule has 2 aliphatic heterocycles. The lowest BCUT2D eigenvalue weighted by Gasteiger charge is -2.42. The van der Waals surface area contributed by atoms with Crippen LogP contribution in [0.1, 0.15) is 26.7 Å². The van der Waals surface area contributed by atoms with Crippen LogP contribution in [0.5, 0.6) is 0 Å². The van der Waals surface area contributed by atoms with Gasteiger partial charge in [-0.25, -0.2) is 22.4 Å². The third-order valence-corrected chi connectivity index (χ3v) is 11.2. The SMILES string of the molecule is CC(C)S(=O)(=O)n1cc(-c2nc(Nc3ccc(N4CCC(N5CCN(C)CC5)CC4)c(Cl)c3)ncc2Cl)c2ccccc21. The van der Waals surface area contributed by atoms with Crippen LogP contribution in [0, 0.1) is 0 Å². The molecule has 4 heterocycles. The number of likely N-dealkylation sites (N-methyl/N-ethyl adjacent to an activating group) is 1. The minimum atomic E-state index is -3.60. The molecular formula is C31H37Cl2N7O2S. The van der Waals surface area contributed by atoms with E-state index in [1.807, 2.05) is 36.4 Å². The number of benzene rings is 2. The lowest BCUT2D eigenvalue weighted by molar-refractivity contribution is 0.0982. The van der Waals surface area contributed by atoms with Crippen LogP contribution in [0.15, 0.2) is 54.9 Å². The number of aromatic nitrogens is 3. The van der Waals surface area contributed by atoms with Crippen molar-refractivity contribution in [1.29, 1.82) is 0 Å². The fraction of sp³-hybridized carbons (Fsp3) is 0.419. The minimum Gasteiger partial charge on any atom is -0.370 e. The largest absolute Gasteiger partial charge is 0.370 e. The zero-order valence-electron chi connectivity index (χ0n) is 24.7. The smallest absolute Gasteiger partial charge is 0.241 e. The maximum Gasteiger partial charge on any atom is 0.241 e. The summed E-state index contributed by atoms with van der Waals surface area (Å²) in [5, 5.41) is 4.38. The van der Waals surface area contributed by atoms with Gasteiger partial charge in [0.25, 0.3) is 0 Å². The zero-order chi connectivity index (χ0) is 30.3. The van der Waals surface area contributed by atoms with Gasteiger partial charge in [-0.05, 0) is 58.0 Å². The molecule has 2 aromatic carbocycles. The van der Waals surface area contributed by atoms with Gasteiger partial charge in [0.05, 0.1) is 38.4 Å². The van der Waals surface area contributed by atoms with E-state index in [1.54, 1.807) is 26.1 Å². The first-order valence-electron chi connectivity index (χ1n) is 14.7. The third kappa shape index (κ3) is 6.08. The number of piperazine rings is 1. The molecule has 2 aromatic heterocycles. The first kappa shape index (κ1) is 30.1. The van der Waals surface area contributed by atoms with Gasteiger partial charge < -0.3 is 15.1 Å².